The van der Waals surface area contributed by atoms with E-state index < -0.39 is 0 Å². The molecule has 0 fully saturated rings. The molecule has 1 heterocycles. The summed E-state index contributed by atoms with van der Waals surface area (Å²) in [5.74, 6) is 0.685. The van der Waals surface area contributed by atoms with E-state index in [4.69, 9.17) is 4.74 Å². The van der Waals surface area contributed by atoms with Gasteiger partial charge in [0.1, 0.15) is 5.82 Å². The summed E-state index contributed by atoms with van der Waals surface area (Å²) in [5.41, 5.74) is 0.874. The molecule has 0 aliphatic carbocycles. The molecule has 0 aliphatic rings. The van der Waals surface area contributed by atoms with Crippen LogP contribution in [0.2, 0.25) is 0 Å². The molecule has 1 amide bonds. The lowest BCUT2D eigenvalue weighted by Crippen LogP contribution is -2.42. The van der Waals surface area contributed by atoms with E-state index in [9.17, 15) is 4.79 Å². The highest BCUT2D eigenvalue weighted by atomic mass is 16.5. The van der Waals surface area contributed by atoms with Crippen molar-refractivity contribution < 1.29 is 9.53 Å². The first kappa shape index (κ1) is 14.5. The maximum atomic E-state index is 11.6. The molecular formula is C12H20N4O2. The Morgan fingerprint density at radius 1 is 1.56 bits per heavy atom. The van der Waals surface area contributed by atoms with Gasteiger partial charge in [-0.15, -0.1) is 0 Å². The SMILES string of the molecule is COCCNC(=O)C(C)NCc1ccnc(C)n1. The van der Waals surface area contributed by atoms with E-state index in [-0.39, 0.29) is 11.9 Å². The van der Waals surface area contributed by atoms with Crippen LogP contribution in [0.3, 0.4) is 0 Å². The summed E-state index contributed by atoms with van der Waals surface area (Å²) < 4.78 is 4.86. The standard InChI is InChI=1S/C12H20N4O2/c1-9(12(17)14-6-7-18-3)15-8-11-4-5-13-10(2)16-11/h4-5,9,15H,6-8H2,1-3H3,(H,14,17). The fourth-order valence-electron chi connectivity index (χ4n) is 1.38. The molecule has 1 unspecified atom stereocenters. The largest absolute Gasteiger partial charge is 0.383 e. The number of hydrogen-bond acceptors (Lipinski definition) is 5. The highest BCUT2D eigenvalue weighted by Gasteiger charge is 2.11. The fourth-order valence-corrected chi connectivity index (χ4v) is 1.38. The van der Waals surface area contributed by atoms with Crippen molar-refractivity contribution in [2.45, 2.75) is 26.4 Å². The molecular weight excluding hydrogens is 232 g/mol. The lowest BCUT2D eigenvalue weighted by molar-refractivity contribution is -0.122. The lowest BCUT2D eigenvalue weighted by Gasteiger charge is -2.13. The van der Waals surface area contributed by atoms with Gasteiger partial charge in [0.15, 0.2) is 0 Å². The predicted octanol–water partition coefficient (Wildman–Crippen LogP) is 0.0257. The molecule has 6 heteroatoms. The number of hydrogen-bond donors (Lipinski definition) is 2. The van der Waals surface area contributed by atoms with E-state index in [1.807, 2.05) is 19.9 Å². The van der Waals surface area contributed by atoms with Crippen molar-refractivity contribution in [1.29, 1.82) is 0 Å². The van der Waals surface area contributed by atoms with Gasteiger partial charge in [-0.2, -0.15) is 0 Å². The third-order valence-corrected chi connectivity index (χ3v) is 2.42. The van der Waals surface area contributed by atoms with Gasteiger partial charge in [0, 0.05) is 26.4 Å². The van der Waals surface area contributed by atoms with Gasteiger partial charge in [0.25, 0.3) is 0 Å². The van der Waals surface area contributed by atoms with Crippen LogP contribution in [0.4, 0.5) is 0 Å². The molecule has 2 N–H and O–H groups in total. The Kier molecular flexibility index (Phi) is 6.24. The second-order valence-corrected chi connectivity index (χ2v) is 3.98. The van der Waals surface area contributed by atoms with Crippen LogP contribution in [0.15, 0.2) is 12.3 Å². The number of carbonyl (C=O) groups is 1. The van der Waals surface area contributed by atoms with E-state index in [1.54, 1.807) is 13.3 Å². The smallest absolute Gasteiger partial charge is 0.236 e. The Labute approximate surface area is 107 Å². The maximum absolute atomic E-state index is 11.6. The third kappa shape index (κ3) is 5.20. The van der Waals surface area contributed by atoms with E-state index in [1.165, 1.54) is 0 Å². The molecule has 0 bridgehead atoms. The van der Waals surface area contributed by atoms with Crippen molar-refractivity contribution in [3.8, 4) is 0 Å². The average Bonchev–Trinajstić information content (AvgIpc) is 2.36. The molecule has 0 aliphatic heterocycles. The summed E-state index contributed by atoms with van der Waals surface area (Å²) >= 11 is 0. The van der Waals surface area contributed by atoms with Crippen LogP contribution >= 0.6 is 0 Å². The summed E-state index contributed by atoms with van der Waals surface area (Å²) in [5, 5.41) is 5.88. The first-order chi connectivity index (χ1) is 8.63. The Morgan fingerprint density at radius 3 is 3.00 bits per heavy atom. The molecule has 6 nitrogen and oxygen atoms in total. The molecule has 0 spiro atoms. The number of rotatable bonds is 7. The van der Waals surface area contributed by atoms with Gasteiger partial charge in [0.05, 0.1) is 18.3 Å². The van der Waals surface area contributed by atoms with Gasteiger partial charge in [-0.25, -0.2) is 9.97 Å². The fraction of sp³-hybridized carbons (Fsp3) is 0.583. The Morgan fingerprint density at radius 2 is 2.33 bits per heavy atom. The summed E-state index contributed by atoms with van der Waals surface area (Å²) in [7, 11) is 1.60. The van der Waals surface area contributed by atoms with Crippen LogP contribution in [0.1, 0.15) is 18.4 Å². The number of aryl methyl sites for hydroxylation is 1. The first-order valence-corrected chi connectivity index (χ1v) is 5.92. The highest BCUT2D eigenvalue weighted by Crippen LogP contribution is 1.95. The zero-order chi connectivity index (χ0) is 13.4. The number of nitrogens with zero attached hydrogens (tertiary/aromatic N) is 2. The van der Waals surface area contributed by atoms with Crippen molar-refractivity contribution >= 4 is 5.91 Å². The average molecular weight is 252 g/mol. The quantitative estimate of drug-likeness (QED) is 0.669. The van der Waals surface area contributed by atoms with Crippen LogP contribution in [0.25, 0.3) is 0 Å². The molecule has 1 atom stereocenters. The number of methoxy groups -OCH3 is 1. The van der Waals surface area contributed by atoms with Gasteiger partial charge in [-0.05, 0) is 19.9 Å². The van der Waals surface area contributed by atoms with Crippen LogP contribution in [0.5, 0.6) is 0 Å². The van der Waals surface area contributed by atoms with Gasteiger partial charge in [-0.1, -0.05) is 0 Å². The molecule has 1 rings (SSSR count). The molecule has 0 aromatic carbocycles. The van der Waals surface area contributed by atoms with Gasteiger partial charge in [0.2, 0.25) is 5.91 Å². The second kappa shape index (κ2) is 7.73. The maximum Gasteiger partial charge on any atom is 0.236 e. The Balaban J connectivity index is 2.32. The van der Waals surface area contributed by atoms with E-state index in [0.717, 1.165) is 11.5 Å². The van der Waals surface area contributed by atoms with E-state index in [2.05, 4.69) is 20.6 Å². The van der Waals surface area contributed by atoms with Crippen LogP contribution in [-0.4, -0.2) is 42.2 Å². The summed E-state index contributed by atoms with van der Waals surface area (Å²) in [6.07, 6.45) is 1.71. The number of carbonyl (C=O) groups excluding carboxylic acids is 1. The third-order valence-electron chi connectivity index (χ3n) is 2.42. The summed E-state index contributed by atoms with van der Waals surface area (Å²) in [6.45, 7) is 5.24. The minimum atomic E-state index is -0.267. The van der Waals surface area contributed by atoms with Crippen molar-refractivity contribution in [1.82, 2.24) is 20.6 Å². The monoisotopic (exact) mass is 252 g/mol. The number of amides is 1. The molecule has 0 saturated heterocycles. The van der Waals surface area contributed by atoms with Crippen molar-refractivity contribution in [2.75, 3.05) is 20.3 Å². The minimum Gasteiger partial charge on any atom is -0.383 e. The zero-order valence-electron chi connectivity index (χ0n) is 11.1. The van der Waals surface area contributed by atoms with Gasteiger partial charge < -0.3 is 15.4 Å². The van der Waals surface area contributed by atoms with Gasteiger partial charge in [-0.3, -0.25) is 4.79 Å². The Hall–Kier alpha value is -1.53. The normalized spacial score (nSPS) is 12.2. The highest BCUT2D eigenvalue weighted by molar-refractivity contribution is 5.81. The first-order valence-electron chi connectivity index (χ1n) is 5.92. The van der Waals surface area contributed by atoms with Crippen molar-refractivity contribution in [2.24, 2.45) is 0 Å². The number of ether oxygens (including phenoxy) is 1. The van der Waals surface area contributed by atoms with Crippen LogP contribution < -0.4 is 10.6 Å². The molecule has 0 saturated carbocycles. The minimum absolute atomic E-state index is 0.0437. The molecule has 1 aromatic heterocycles. The molecule has 1 aromatic rings. The van der Waals surface area contributed by atoms with Crippen LogP contribution in [0, 0.1) is 6.92 Å². The second-order valence-electron chi connectivity index (χ2n) is 3.98. The lowest BCUT2D eigenvalue weighted by atomic mass is 10.3. The van der Waals surface area contributed by atoms with E-state index >= 15 is 0 Å². The molecule has 100 valence electrons. The summed E-state index contributed by atoms with van der Waals surface area (Å²) in [6, 6.07) is 1.56. The number of nitrogens with one attached hydrogen (secondary N) is 2. The van der Waals surface area contributed by atoms with Crippen molar-refractivity contribution in [3.05, 3.63) is 23.8 Å². The predicted molar refractivity (Wildman–Crippen MR) is 68.0 cm³/mol. The molecule has 18 heavy (non-hydrogen) atoms. The zero-order valence-corrected chi connectivity index (χ0v) is 11.1. The van der Waals surface area contributed by atoms with Gasteiger partial charge >= 0.3 is 0 Å². The van der Waals surface area contributed by atoms with E-state index in [0.29, 0.717) is 19.7 Å². The number of aromatic nitrogens is 2. The van der Waals surface area contributed by atoms with Crippen molar-refractivity contribution in [3.63, 3.8) is 0 Å². The topological polar surface area (TPSA) is 76.1 Å². The summed E-state index contributed by atoms with van der Waals surface area (Å²) in [4.78, 5) is 19.9. The van der Waals surface area contributed by atoms with Crippen LogP contribution in [-0.2, 0) is 16.1 Å². The molecule has 0 radical (unpaired) electrons. The Bertz CT molecular complexity index is 384.